The first kappa shape index (κ1) is 18.5. The molecule has 2 fully saturated rings. The highest BCUT2D eigenvalue weighted by molar-refractivity contribution is 6.00. The van der Waals surface area contributed by atoms with Gasteiger partial charge in [-0.1, -0.05) is 13.2 Å². The Kier molecular flexibility index (Phi) is 4.79. The van der Waals surface area contributed by atoms with Crippen LogP contribution in [0.1, 0.15) is 47.5 Å². The predicted molar refractivity (Wildman–Crippen MR) is 85.1 cm³/mol. The topological polar surface area (TPSA) is 74.3 Å². The Bertz CT molecular complexity index is 558. The number of amides is 2. The fourth-order valence-corrected chi connectivity index (χ4v) is 2.51. The van der Waals surface area contributed by atoms with Gasteiger partial charge in [0.15, 0.2) is 23.8 Å². The largest absolute Gasteiger partial charge is 0.490 e. The number of carbonyl (C=O) groups is 2. The Hall–Kier alpha value is -1.86. The highest BCUT2D eigenvalue weighted by Crippen LogP contribution is 2.37. The maximum Gasteiger partial charge on any atom is 0.263 e. The van der Waals surface area contributed by atoms with E-state index in [-0.39, 0.29) is 18.6 Å². The van der Waals surface area contributed by atoms with Crippen molar-refractivity contribution in [3.05, 3.63) is 24.7 Å². The lowest BCUT2D eigenvalue weighted by molar-refractivity contribution is -0.184. The quantitative estimate of drug-likeness (QED) is 0.566. The van der Waals surface area contributed by atoms with E-state index >= 15 is 0 Å². The van der Waals surface area contributed by atoms with Crippen molar-refractivity contribution in [3.63, 3.8) is 0 Å². The minimum atomic E-state index is -0.912. The normalized spacial score (nSPS) is 26.6. The van der Waals surface area contributed by atoms with Crippen LogP contribution in [0.5, 0.6) is 0 Å². The number of hydrogen-bond acceptors (Lipinski definition) is 6. The lowest BCUT2D eigenvalue weighted by Gasteiger charge is -2.28. The molecule has 7 nitrogen and oxygen atoms in total. The van der Waals surface area contributed by atoms with Crippen LogP contribution in [0.25, 0.3) is 0 Å². The molecular formula is C17H25NO6. The van der Waals surface area contributed by atoms with Gasteiger partial charge in [0.05, 0.1) is 0 Å². The van der Waals surface area contributed by atoms with Gasteiger partial charge in [-0.05, 0) is 34.6 Å². The van der Waals surface area contributed by atoms with Gasteiger partial charge in [-0.15, -0.1) is 5.06 Å². The molecule has 0 bridgehead atoms. The lowest BCUT2D eigenvalue weighted by Crippen LogP contribution is -2.36. The van der Waals surface area contributed by atoms with Crippen LogP contribution in [0.3, 0.4) is 0 Å². The van der Waals surface area contributed by atoms with Crippen LogP contribution in [-0.2, 0) is 28.6 Å². The number of ether oxygens (including phenoxy) is 3. The van der Waals surface area contributed by atoms with Gasteiger partial charge in [-0.2, -0.15) is 0 Å². The molecule has 134 valence electrons. The number of hydrogen-bond donors (Lipinski definition) is 0. The summed E-state index contributed by atoms with van der Waals surface area (Å²) in [5, 5.41) is 0.724. The van der Waals surface area contributed by atoms with Gasteiger partial charge in [0.1, 0.15) is 11.4 Å². The smallest absolute Gasteiger partial charge is 0.263 e. The van der Waals surface area contributed by atoms with Crippen LogP contribution in [0.4, 0.5) is 0 Å². The zero-order chi connectivity index (χ0) is 18.3. The molecule has 0 aliphatic carbocycles. The second kappa shape index (κ2) is 6.22. The summed E-state index contributed by atoms with van der Waals surface area (Å²) < 4.78 is 17.4. The summed E-state index contributed by atoms with van der Waals surface area (Å²) in [7, 11) is 0. The molecule has 2 rings (SSSR count). The van der Waals surface area contributed by atoms with Gasteiger partial charge in [-0.3, -0.25) is 9.59 Å². The van der Waals surface area contributed by atoms with Crippen LogP contribution in [-0.4, -0.2) is 40.5 Å². The first-order chi connectivity index (χ1) is 10.9. The minimum absolute atomic E-state index is 0.0906. The summed E-state index contributed by atoms with van der Waals surface area (Å²) >= 11 is 0. The van der Waals surface area contributed by atoms with E-state index < -0.39 is 35.4 Å². The molecule has 7 heteroatoms. The van der Waals surface area contributed by atoms with Gasteiger partial charge in [-0.25, -0.2) is 0 Å². The monoisotopic (exact) mass is 339 g/mol. The molecular weight excluding hydrogens is 314 g/mol. The SMILES string of the molecule is C=C(OC(C)(C)C)C1OC(C)(C)O[C@H]1C(=C)ON1C(=O)CCC1=O. The molecule has 2 aliphatic heterocycles. The third-order valence-corrected chi connectivity index (χ3v) is 3.38. The first-order valence-corrected chi connectivity index (χ1v) is 7.85. The summed E-state index contributed by atoms with van der Waals surface area (Å²) in [6, 6.07) is 0. The molecule has 24 heavy (non-hydrogen) atoms. The molecule has 2 amide bonds. The molecule has 0 aromatic heterocycles. The summed E-state index contributed by atoms with van der Waals surface area (Å²) in [5.41, 5.74) is -0.458. The van der Waals surface area contributed by atoms with E-state index in [4.69, 9.17) is 19.0 Å². The van der Waals surface area contributed by atoms with Crippen LogP contribution >= 0.6 is 0 Å². The molecule has 0 N–H and O–H groups in total. The molecule has 2 atom stereocenters. The molecule has 2 aliphatic rings. The standard InChI is InChI=1S/C17H25NO6/c1-10(21-16(3,4)5)14-15(23-17(6,7)22-14)11(2)24-18-12(19)8-9-13(18)20/h14-15H,1-2,8-9H2,3-7H3/t14?,15-/m0/s1. The minimum Gasteiger partial charge on any atom is -0.490 e. The van der Waals surface area contributed by atoms with Crippen molar-refractivity contribution in [2.75, 3.05) is 0 Å². The lowest BCUT2D eigenvalue weighted by atomic mass is 10.1. The fourth-order valence-electron chi connectivity index (χ4n) is 2.51. The second-order valence-electron chi connectivity index (χ2n) is 7.30. The van der Waals surface area contributed by atoms with E-state index in [0.29, 0.717) is 5.76 Å². The zero-order valence-corrected chi connectivity index (χ0v) is 14.9. The third-order valence-electron chi connectivity index (χ3n) is 3.38. The number of imide groups is 1. The molecule has 0 radical (unpaired) electrons. The van der Waals surface area contributed by atoms with E-state index in [1.807, 2.05) is 20.8 Å². The van der Waals surface area contributed by atoms with Crippen molar-refractivity contribution in [1.82, 2.24) is 5.06 Å². The van der Waals surface area contributed by atoms with E-state index in [1.54, 1.807) is 13.8 Å². The number of rotatable bonds is 5. The Labute approximate surface area is 142 Å². The molecule has 0 aromatic rings. The van der Waals surface area contributed by atoms with Crippen molar-refractivity contribution in [1.29, 1.82) is 0 Å². The number of carbonyl (C=O) groups excluding carboxylic acids is 2. The Morgan fingerprint density at radius 1 is 1.08 bits per heavy atom. The summed E-state index contributed by atoms with van der Waals surface area (Å²) in [6.45, 7) is 16.9. The maximum absolute atomic E-state index is 11.7. The van der Waals surface area contributed by atoms with Gasteiger partial charge in [0, 0.05) is 12.8 Å². The van der Waals surface area contributed by atoms with Crippen LogP contribution in [0, 0.1) is 0 Å². The third kappa shape index (κ3) is 4.15. The highest BCUT2D eigenvalue weighted by Gasteiger charge is 2.47. The molecule has 0 spiro atoms. The van der Waals surface area contributed by atoms with Crippen molar-refractivity contribution < 1.29 is 28.6 Å². The Morgan fingerprint density at radius 2 is 1.54 bits per heavy atom. The van der Waals surface area contributed by atoms with Gasteiger partial charge in [0.2, 0.25) is 0 Å². The number of nitrogens with zero attached hydrogens (tertiary/aromatic N) is 1. The molecule has 2 saturated heterocycles. The summed E-state index contributed by atoms with van der Waals surface area (Å²) in [5.74, 6) is -1.26. The second-order valence-corrected chi connectivity index (χ2v) is 7.30. The zero-order valence-electron chi connectivity index (χ0n) is 14.9. The molecule has 0 aromatic carbocycles. The van der Waals surface area contributed by atoms with Crippen LogP contribution in [0.15, 0.2) is 24.7 Å². The van der Waals surface area contributed by atoms with E-state index in [2.05, 4.69) is 13.2 Å². The molecule has 1 unspecified atom stereocenters. The predicted octanol–water partition coefficient (Wildman–Crippen LogP) is 2.43. The molecule has 0 saturated carbocycles. The first-order valence-electron chi connectivity index (χ1n) is 7.85. The summed E-state index contributed by atoms with van der Waals surface area (Å²) in [4.78, 5) is 28.7. The van der Waals surface area contributed by atoms with Crippen molar-refractivity contribution in [2.45, 2.75) is 71.1 Å². The van der Waals surface area contributed by atoms with E-state index in [0.717, 1.165) is 5.06 Å². The molecule has 2 heterocycles. The Morgan fingerprint density at radius 3 is 2.00 bits per heavy atom. The van der Waals surface area contributed by atoms with E-state index in [1.165, 1.54) is 0 Å². The average Bonchev–Trinajstić information content (AvgIpc) is 2.90. The fraction of sp³-hybridized carbons (Fsp3) is 0.647. The van der Waals surface area contributed by atoms with Crippen molar-refractivity contribution >= 4 is 11.8 Å². The van der Waals surface area contributed by atoms with Crippen molar-refractivity contribution in [2.24, 2.45) is 0 Å². The van der Waals surface area contributed by atoms with Crippen molar-refractivity contribution in [3.8, 4) is 0 Å². The number of hydroxylamine groups is 2. The Balaban J connectivity index is 2.13. The van der Waals surface area contributed by atoms with Gasteiger partial charge >= 0.3 is 0 Å². The van der Waals surface area contributed by atoms with Crippen LogP contribution in [0.2, 0.25) is 0 Å². The maximum atomic E-state index is 11.7. The summed E-state index contributed by atoms with van der Waals surface area (Å²) in [6.07, 6.45) is -1.16. The van der Waals surface area contributed by atoms with Crippen LogP contribution < -0.4 is 0 Å². The van der Waals surface area contributed by atoms with Gasteiger partial charge < -0.3 is 19.0 Å². The average molecular weight is 339 g/mol. The van der Waals surface area contributed by atoms with Gasteiger partial charge in [0.25, 0.3) is 11.8 Å². The van der Waals surface area contributed by atoms with E-state index in [9.17, 15) is 9.59 Å². The highest BCUT2D eigenvalue weighted by atomic mass is 16.8.